The molecule has 0 aliphatic rings. The van der Waals surface area contributed by atoms with E-state index in [1.54, 1.807) is 13.0 Å². The Morgan fingerprint density at radius 3 is 2.93 bits per heavy atom. The Labute approximate surface area is 85.3 Å². The van der Waals surface area contributed by atoms with Gasteiger partial charge in [0, 0.05) is 11.3 Å². The van der Waals surface area contributed by atoms with E-state index >= 15 is 0 Å². The molecule has 1 aromatic rings. The van der Waals surface area contributed by atoms with E-state index in [1.165, 1.54) is 18.0 Å². The smallest absolute Gasteiger partial charge is 0.290 e. The van der Waals surface area contributed by atoms with Gasteiger partial charge in [-0.3, -0.25) is 10.1 Å². The van der Waals surface area contributed by atoms with Crippen LogP contribution in [0, 0.1) is 17.0 Å². The average molecular weight is 214 g/mol. The lowest BCUT2D eigenvalue weighted by Crippen LogP contribution is -1.94. The third-order valence-electron chi connectivity index (χ3n) is 1.60. The van der Waals surface area contributed by atoms with Crippen molar-refractivity contribution in [3.63, 3.8) is 0 Å². The molecule has 0 unspecified atom stereocenters. The fourth-order valence-corrected chi connectivity index (χ4v) is 1.63. The molecule has 1 aromatic heterocycles. The Morgan fingerprint density at radius 1 is 1.71 bits per heavy atom. The predicted octanol–water partition coefficient (Wildman–Crippen LogP) is 1.38. The van der Waals surface area contributed by atoms with E-state index in [4.69, 9.17) is 5.11 Å². The standard InChI is InChI=1S/C8H10N2O3S/c1-6-4-8(14-3-2-11)9-5-7(6)10(12)13/h4-5,11H,2-3H2,1H3. The molecule has 5 nitrogen and oxygen atoms in total. The molecule has 0 aliphatic carbocycles. The first-order chi connectivity index (χ1) is 6.65. The maximum Gasteiger partial charge on any atom is 0.290 e. The highest BCUT2D eigenvalue weighted by Crippen LogP contribution is 2.22. The van der Waals surface area contributed by atoms with Crippen LogP contribution in [0.5, 0.6) is 0 Å². The van der Waals surface area contributed by atoms with Crippen molar-refractivity contribution in [1.82, 2.24) is 4.98 Å². The second-order valence-electron chi connectivity index (χ2n) is 2.64. The van der Waals surface area contributed by atoms with Crippen molar-refractivity contribution in [2.24, 2.45) is 0 Å². The number of aliphatic hydroxyl groups excluding tert-OH is 1. The third-order valence-corrected chi connectivity index (χ3v) is 2.50. The molecule has 1 heterocycles. The van der Waals surface area contributed by atoms with Crippen molar-refractivity contribution >= 4 is 17.4 Å². The molecule has 1 rings (SSSR count). The summed E-state index contributed by atoms with van der Waals surface area (Å²) in [5, 5.41) is 19.7. The SMILES string of the molecule is Cc1cc(SCCO)ncc1[N+](=O)[O-]. The summed E-state index contributed by atoms with van der Waals surface area (Å²) in [6, 6.07) is 1.65. The average Bonchev–Trinajstić information content (AvgIpc) is 2.14. The highest BCUT2D eigenvalue weighted by Gasteiger charge is 2.11. The molecule has 0 radical (unpaired) electrons. The van der Waals surface area contributed by atoms with Crippen LogP contribution in [0.2, 0.25) is 0 Å². The van der Waals surface area contributed by atoms with Gasteiger partial charge in [-0.2, -0.15) is 0 Å². The number of hydrogen-bond donors (Lipinski definition) is 1. The first-order valence-electron chi connectivity index (χ1n) is 4.00. The zero-order chi connectivity index (χ0) is 10.6. The van der Waals surface area contributed by atoms with Gasteiger partial charge in [-0.05, 0) is 13.0 Å². The van der Waals surface area contributed by atoms with E-state index in [-0.39, 0.29) is 12.3 Å². The Balaban J connectivity index is 2.83. The minimum Gasteiger partial charge on any atom is -0.396 e. The molecule has 76 valence electrons. The number of pyridine rings is 1. The minimum atomic E-state index is -0.456. The number of thioether (sulfide) groups is 1. The molecule has 0 aromatic carbocycles. The van der Waals surface area contributed by atoms with Crippen LogP contribution in [0.15, 0.2) is 17.3 Å². The molecule has 0 fully saturated rings. The summed E-state index contributed by atoms with van der Waals surface area (Å²) in [4.78, 5) is 13.9. The Kier molecular flexibility index (Phi) is 3.84. The quantitative estimate of drug-likeness (QED) is 0.465. The number of aryl methyl sites for hydroxylation is 1. The van der Waals surface area contributed by atoms with E-state index in [2.05, 4.69) is 4.98 Å². The van der Waals surface area contributed by atoms with Crippen LogP contribution in [0.3, 0.4) is 0 Å². The predicted molar refractivity (Wildman–Crippen MR) is 53.4 cm³/mol. The number of nitro groups is 1. The molecule has 0 aliphatic heterocycles. The zero-order valence-electron chi connectivity index (χ0n) is 7.64. The van der Waals surface area contributed by atoms with Crippen LogP contribution >= 0.6 is 11.8 Å². The number of hydrogen-bond acceptors (Lipinski definition) is 5. The fraction of sp³-hybridized carbons (Fsp3) is 0.375. The first-order valence-corrected chi connectivity index (χ1v) is 4.98. The molecule has 0 bridgehead atoms. The van der Waals surface area contributed by atoms with E-state index in [0.29, 0.717) is 16.3 Å². The van der Waals surface area contributed by atoms with Crippen LogP contribution in [0.25, 0.3) is 0 Å². The van der Waals surface area contributed by atoms with E-state index < -0.39 is 4.92 Å². The monoisotopic (exact) mass is 214 g/mol. The summed E-state index contributed by atoms with van der Waals surface area (Å²) in [5.74, 6) is 0.546. The minimum absolute atomic E-state index is 0.0262. The van der Waals surface area contributed by atoms with Gasteiger partial charge in [0.05, 0.1) is 16.6 Å². The van der Waals surface area contributed by atoms with Crippen molar-refractivity contribution in [2.45, 2.75) is 11.9 Å². The molecule has 0 spiro atoms. The van der Waals surface area contributed by atoms with E-state index in [9.17, 15) is 10.1 Å². The van der Waals surface area contributed by atoms with Gasteiger partial charge >= 0.3 is 0 Å². The second-order valence-corrected chi connectivity index (χ2v) is 3.75. The number of aliphatic hydroxyl groups is 1. The topological polar surface area (TPSA) is 76.3 Å². The summed E-state index contributed by atoms with van der Waals surface area (Å²) >= 11 is 1.37. The molecule has 1 N–H and O–H groups in total. The van der Waals surface area contributed by atoms with E-state index in [0.717, 1.165) is 0 Å². The largest absolute Gasteiger partial charge is 0.396 e. The number of aromatic nitrogens is 1. The number of nitrogens with zero attached hydrogens (tertiary/aromatic N) is 2. The van der Waals surface area contributed by atoms with Gasteiger partial charge in [0.25, 0.3) is 5.69 Å². The zero-order valence-corrected chi connectivity index (χ0v) is 8.45. The molecule has 0 amide bonds. The fourth-order valence-electron chi connectivity index (χ4n) is 0.943. The molecule has 0 atom stereocenters. The van der Waals surface area contributed by atoms with Crippen molar-refractivity contribution in [2.75, 3.05) is 12.4 Å². The summed E-state index contributed by atoms with van der Waals surface area (Å²) in [5.41, 5.74) is 0.615. The van der Waals surface area contributed by atoms with Crippen LogP contribution in [-0.2, 0) is 0 Å². The number of rotatable bonds is 4. The third kappa shape index (κ3) is 2.68. The van der Waals surface area contributed by atoms with Crippen molar-refractivity contribution in [3.05, 3.63) is 27.9 Å². The highest BCUT2D eigenvalue weighted by atomic mass is 32.2. The lowest BCUT2D eigenvalue weighted by molar-refractivity contribution is -0.385. The van der Waals surface area contributed by atoms with Crippen LogP contribution in [0.1, 0.15) is 5.56 Å². The Morgan fingerprint density at radius 2 is 2.43 bits per heavy atom. The van der Waals surface area contributed by atoms with Gasteiger partial charge in [0.15, 0.2) is 0 Å². The summed E-state index contributed by atoms with van der Waals surface area (Å²) in [7, 11) is 0. The second kappa shape index (κ2) is 4.92. The lowest BCUT2D eigenvalue weighted by atomic mass is 10.3. The molecule has 14 heavy (non-hydrogen) atoms. The molecular weight excluding hydrogens is 204 g/mol. The first kappa shape index (κ1) is 10.9. The van der Waals surface area contributed by atoms with Gasteiger partial charge in [-0.25, -0.2) is 4.98 Å². The van der Waals surface area contributed by atoms with Crippen molar-refractivity contribution in [3.8, 4) is 0 Å². The molecular formula is C8H10N2O3S. The van der Waals surface area contributed by atoms with Gasteiger partial charge in [0.1, 0.15) is 6.20 Å². The van der Waals surface area contributed by atoms with Gasteiger partial charge in [0.2, 0.25) is 0 Å². The highest BCUT2D eigenvalue weighted by molar-refractivity contribution is 7.99. The summed E-state index contributed by atoms with van der Waals surface area (Å²) < 4.78 is 0. The Hall–Kier alpha value is -1.14. The van der Waals surface area contributed by atoms with Gasteiger partial charge < -0.3 is 5.11 Å². The van der Waals surface area contributed by atoms with Crippen LogP contribution in [0.4, 0.5) is 5.69 Å². The summed E-state index contributed by atoms with van der Waals surface area (Å²) in [6.07, 6.45) is 1.25. The Bertz CT molecular complexity index is 343. The molecule has 6 heteroatoms. The van der Waals surface area contributed by atoms with Gasteiger partial charge in [-0.1, -0.05) is 0 Å². The molecule has 0 saturated carbocycles. The normalized spacial score (nSPS) is 10.1. The lowest BCUT2D eigenvalue weighted by Gasteiger charge is -2.00. The molecule has 0 saturated heterocycles. The van der Waals surface area contributed by atoms with Crippen molar-refractivity contribution < 1.29 is 10.0 Å². The maximum absolute atomic E-state index is 10.5. The maximum atomic E-state index is 10.5. The van der Waals surface area contributed by atoms with Crippen LogP contribution in [-0.4, -0.2) is 27.4 Å². The summed E-state index contributed by atoms with van der Waals surface area (Å²) in [6.45, 7) is 1.74. The van der Waals surface area contributed by atoms with Crippen molar-refractivity contribution in [1.29, 1.82) is 0 Å². The van der Waals surface area contributed by atoms with Crippen LogP contribution < -0.4 is 0 Å². The van der Waals surface area contributed by atoms with Gasteiger partial charge in [-0.15, -0.1) is 11.8 Å². The van der Waals surface area contributed by atoms with E-state index in [1.807, 2.05) is 0 Å².